The van der Waals surface area contributed by atoms with Gasteiger partial charge >= 0.3 is 0 Å². The van der Waals surface area contributed by atoms with Gasteiger partial charge in [0.05, 0.1) is 11.6 Å². The summed E-state index contributed by atoms with van der Waals surface area (Å²) in [4.78, 5) is 25.7. The van der Waals surface area contributed by atoms with Crippen LogP contribution in [-0.2, 0) is 11.2 Å². The normalized spacial score (nSPS) is 10.9. The first kappa shape index (κ1) is 20.5. The fourth-order valence-corrected chi connectivity index (χ4v) is 3.53. The molecule has 0 spiro atoms. The number of hydrogen-bond acceptors (Lipinski definition) is 5. The average Bonchev–Trinajstić information content (AvgIpc) is 3.26. The smallest absolute Gasteiger partial charge is 0.262 e. The molecule has 0 aliphatic carbocycles. The lowest BCUT2D eigenvalue weighted by molar-refractivity contribution is -0.118. The second-order valence-corrected chi connectivity index (χ2v) is 7.46. The topological polar surface area (TPSA) is 81.7 Å². The van der Waals surface area contributed by atoms with E-state index < -0.39 is 0 Å². The predicted molar refractivity (Wildman–Crippen MR) is 120 cm³/mol. The van der Waals surface area contributed by atoms with E-state index in [-0.39, 0.29) is 29.5 Å². The van der Waals surface area contributed by atoms with Crippen molar-refractivity contribution in [2.24, 2.45) is 0 Å². The Bertz CT molecular complexity index is 1280. The van der Waals surface area contributed by atoms with Crippen LogP contribution in [0.25, 0.3) is 22.5 Å². The lowest BCUT2D eigenvalue weighted by atomic mass is 10.1. The number of nitrogens with one attached hydrogen (secondary N) is 1. The molecule has 6 heteroatoms. The Morgan fingerprint density at radius 2 is 1.84 bits per heavy atom. The molecule has 0 unspecified atom stereocenters. The molecule has 2 aromatic carbocycles. The molecule has 0 atom stereocenters. The van der Waals surface area contributed by atoms with Crippen LogP contribution in [0, 0.1) is 13.8 Å². The van der Waals surface area contributed by atoms with E-state index in [1.54, 1.807) is 24.3 Å². The van der Waals surface area contributed by atoms with Gasteiger partial charge < -0.3 is 18.9 Å². The van der Waals surface area contributed by atoms with E-state index in [9.17, 15) is 9.59 Å². The molecule has 2 aromatic heterocycles. The summed E-state index contributed by atoms with van der Waals surface area (Å²) in [5.74, 6) is 0.0812. The molecule has 4 aromatic rings. The lowest BCUT2D eigenvalue weighted by Crippen LogP contribution is -2.22. The van der Waals surface area contributed by atoms with Crippen LogP contribution in [0.2, 0.25) is 0 Å². The molecule has 0 saturated heterocycles. The number of amides is 1. The quantitative estimate of drug-likeness (QED) is 0.463. The number of fused-ring (bicyclic) bond motifs is 1. The van der Waals surface area contributed by atoms with E-state index in [4.69, 9.17) is 13.6 Å². The summed E-state index contributed by atoms with van der Waals surface area (Å²) < 4.78 is 17.1. The Morgan fingerprint density at radius 1 is 1.06 bits per heavy atom. The maximum absolute atomic E-state index is 13.2. The maximum Gasteiger partial charge on any atom is 0.262 e. The number of anilines is 1. The molecule has 0 fully saturated rings. The Morgan fingerprint density at radius 3 is 2.52 bits per heavy atom. The summed E-state index contributed by atoms with van der Waals surface area (Å²) >= 11 is 0. The van der Waals surface area contributed by atoms with Crippen LogP contribution in [0.3, 0.4) is 0 Å². The first-order valence-electron chi connectivity index (χ1n) is 10.1. The van der Waals surface area contributed by atoms with E-state index in [2.05, 4.69) is 5.32 Å². The number of aryl methyl sites for hydroxylation is 3. The zero-order chi connectivity index (χ0) is 22.0. The van der Waals surface area contributed by atoms with E-state index in [1.807, 2.05) is 45.0 Å². The number of benzene rings is 2. The number of carbonyl (C=O) groups excluding carboxylic acids is 1. The Kier molecular flexibility index (Phi) is 5.62. The molecule has 0 aliphatic rings. The third-order valence-electron chi connectivity index (χ3n) is 4.92. The highest BCUT2D eigenvalue weighted by molar-refractivity contribution is 5.92. The molecule has 1 N–H and O–H groups in total. The van der Waals surface area contributed by atoms with Gasteiger partial charge in [-0.15, -0.1) is 0 Å². The van der Waals surface area contributed by atoms with Crippen molar-refractivity contribution in [2.45, 2.75) is 27.2 Å². The molecule has 0 radical (unpaired) electrons. The molecule has 0 aliphatic heterocycles. The van der Waals surface area contributed by atoms with Crippen LogP contribution >= 0.6 is 0 Å². The van der Waals surface area contributed by atoms with Crippen molar-refractivity contribution in [2.75, 3.05) is 11.9 Å². The zero-order valence-corrected chi connectivity index (χ0v) is 17.7. The van der Waals surface area contributed by atoms with Crippen molar-refractivity contribution in [1.29, 1.82) is 0 Å². The Balaban J connectivity index is 1.66. The minimum absolute atomic E-state index is 0.0497. The molecule has 158 valence electrons. The van der Waals surface area contributed by atoms with Crippen molar-refractivity contribution in [3.05, 3.63) is 81.7 Å². The van der Waals surface area contributed by atoms with Gasteiger partial charge in [-0.3, -0.25) is 9.59 Å². The van der Waals surface area contributed by atoms with Crippen LogP contribution in [0.5, 0.6) is 5.75 Å². The second kappa shape index (κ2) is 8.52. The van der Waals surface area contributed by atoms with Gasteiger partial charge in [-0.1, -0.05) is 19.1 Å². The van der Waals surface area contributed by atoms with E-state index >= 15 is 0 Å². The SMILES string of the molecule is CCc1ccc2oc(-c3ccco3)c(OCC(=O)Nc3cc(C)cc(C)c3)c(=O)c2c1. The zero-order valence-electron chi connectivity index (χ0n) is 17.7. The van der Waals surface area contributed by atoms with Crippen LogP contribution in [0.15, 0.2) is 68.4 Å². The highest BCUT2D eigenvalue weighted by Gasteiger charge is 2.21. The molecule has 31 heavy (non-hydrogen) atoms. The lowest BCUT2D eigenvalue weighted by Gasteiger charge is -2.11. The molecule has 6 nitrogen and oxygen atoms in total. The summed E-state index contributed by atoms with van der Waals surface area (Å²) in [6.45, 7) is 5.58. The van der Waals surface area contributed by atoms with Gasteiger partial charge in [-0.25, -0.2) is 0 Å². The predicted octanol–water partition coefficient (Wildman–Crippen LogP) is 5.25. The fraction of sp³-hybridized carbons (Fsp3) is 0.200. The number of hydrogen-bond donors (Lipinski definition) is 1. The van der Waals surface area contributed by atoms with Crippen molar-refractivity contribution in [1.82, 2.24) is 0 Å². The summed E-state index contributed by atoms with van der Waals surface area (Å²) in [5, 5.41) is 3.21. The average molecular weight is 417 g/mol. The molecular formula is C25H23NO5. The number of ether oxygens (including phenoxy) is 1. The first-order valence-corrected chi connectivity index (χ1v) is 10.1. The van der Waals surface area contributed by atoms with Gasteiger partial charge in [0, 0.05) is 5.69 Å². The summed E-state index contributed by atoms with van der Waals surface area (Å²) in [6, 6.07) is 14.6. The molecule has 0 bridgehead atoms. The molecule has 2 heterocycles. The van der Waals surface area contributed by atoms with Gasteiger partial charge in [0.15, 0.2) is 12.4 Å². The van der Waals surface area contributed by atoms with Crippen molar-refractivity contribution in [3.63, 3.8) is 0 Å². The Hall–Kier alpha value is -3.80. The van der Waals surface area contributed by atoms with E-state index in [1.165, 1.54) is 6.26 Å². The first-order chi connectivity index (χ1) is 14.9. The van der Waals surface area contributed by atoms with Crippen molar-refractivity contribution < 1.29 is 18.4 Å². The van der Waals surface area contributed by atoms with Gasteiger partial charge in [-0.05, 0) is 73.4 Å². The van der Waals surface area contributed by atoms with Crippen molar-refractivity contribution >= 4 is 22.6 Å². The molecule has 1 amide bonds. The largest absolute Gasteiger partial charge is 0.476 e. The van der Waals surface area contributed by atoms with Crippen molar-refractivity contribution in [3.8, 4) is 17.3 Å². The van der Waals surface area contributed by atoms with E-state index in [0.717, 1.165) is 23.1 Å². The molecule has 0 saturated carbocycles. The standard InChI is InChI=1S/C25H23NO5/c1-4-17-7-8-20-19(13-17)23(28)25(24(31-20)21-6-5-9-29-21)30-14-22(27)26-18-11-15(2)10-16(3)12-18/h5-13H,4,14H2,1-3H3,(H,26,27). The number of carbonyl (C=O) groups is 1. The fourth-order valence-electron chi connectivity index (χ4n) is 3.53. The van der Waals surface area contributed by atoms with Gasteiger partial charge in [0.25, 0.3) is 5.91 Å². The highest BCUT2D eigenvalue weighted by Crippen LogP contribution is 2.31. The minimum Gasteiger partial charge on any atom is -0.476 e. The summed E-state index contributed by atoms with van der Waals surface area (Å²) in [6.07, 6.45) is 2.26. The number of furan rings is 1. The minimum atomic E-state index is -0.378. The van der Waals surface area contributed by atoms with Gasteiger partial charge in [-0.2, -0.15) is 0 Å². The summed E-state index contributed by atoms with van der Waals surface area (Å²) in [7, 11) is 0. The monoisotopic (exact) mass is 417 g/mol. The van der Waals surface area contributed by atoms with Gasteiger partial charge in [0.2, 0.25) is 16.9 Å². The highest BCUT2D eigenvalue weighted by atomic mass is 16.5. The van der Waals surface area contributed by atoms with Crippen LogP contribution in [-0.4, -0.2) is 12.5 Å². The van der Waals surface area contributed by atoms with Crippen LogP contribution in [0.1, 0.15) is 23.6 Å². The van der Waals surface area contributed by atoms with Crippen LogP contribution < -0.4 is 15.5 Å². The van der Waals surface area contributed by atoms with E-state index in [0.29, 0.717) is 22.4 Å². The third-order valence-corrected chi connectivity index (χ3v) is 4.92. The summed E-state index contributed by atoms with van der Waals surface area (Å²) in [5.41, 5.74) is 3.85. The second-order valence-electron chi connectivity index (χ2n) is 7.46. The maximum atomic E-state index is 13.2. The third kappa shape index (κ3) is 4.38. The Labute approximate surface area is 179 Å². The molecular weight excluding hydrogens is 394 g/mol. The van der Waals surface area contributed by atoms with Gasteiger partial charge in [0.1, 0.15) is 5.58 Å². The number of rotatable bonds is 6. The van der Waals surface area contributed by atoms with Crippen LogP contribution in [0.4, 0.5) is 5.69 Å². The molecule has 4 rings (SSSR count).